The maximum atomic E-state index is 12.8. The van der Waals surface area contributed by atoms with Crippen molar-refractivity contribution in [3.63, 3.8) is 0 Å². The lowest BCUT2D eigenvalue weighted by Crippen LogP contribution is -2.51. The monoisotopic (exact) mass is 471 g/mol. The zero-order valence-corrected chi connectivity index (χ0v) is 20.1. The number of hydrogen-bond acceptors (Lipinski definition) is 6. The quantitative estimate of drug-likeness (QED) is 0.473. The van der Waals surface area contributed by atoms with Gasteiger partial charge in [-0.25, -0.2) is 8.42 Å². The number of piperidine rings is 1. The van der Waals surface area contributed by atoms with E-state index in [4.69, 9.17) is 4.74 Å². The molecule has 1 aliphatic rings. The molecule has 2 amide bonds. The van der Waals surface area contributed by atoms with Crippen molar-refractivity contribution in [3.05, 3.63) is 29.8 Å². The van der Waals surface area contributed by atoms with E-state index in [1.165, 1.54) is 4.31 Å². The molecule has 0 aliphatic carbocycles. The van der Waals surface area contributed by atoms with Crippen LogP contribution in [0.3, 0.4) is 0 Å². The van der Waals surface area contributed by atoms with Crippen LogP contribution in [-0.4, -0.2) is 75.9 Å². The Hall–Kier alpha value is -1.62. The van der Waals surface area contributed by atoms with Crippen LogP contribution in [0.1, 0.15) is 24.8 Å². The van der Waals surface area contributed by atoms with Gasteiger partial charge >= 0.3 is 0 Å². The fraction of sp³-hybridized carbons (Fsp3) is 0.619. The van der Waals surface area contributed by atoms with E-state index >= 15 is 0 Å². The predicted octanol–water partition coefficient (Wildman–Crippen LogP) is 1.40. The summed E-state index contributed by atoms with van der Waals surface area (Å²) >= 11 is 1.61. The number of rotatable bonds is 11. The standard InChI is InChI=1S/C21H33N3O5S2/c1-16-4-6-18(7-5-16)31(27,28)24-12-8-17(9-13-24)20(25)23-19(10-15-30-3)21(26)22-11-14-29-2/h4-7,17,19H,8-15H2,1-3H3,(H,22,26)(H,23,25). The maximum absolute atomic E-state index is 12.8. The molecule has 10 heteroatoms. The number of methoxy groups -OCH3 is 1. The zero-order valence-electron chi connectivity index (χ0n) is 18.4. The molecule has 0 aromatic heterocycles. The van der Waals surface area contributed by atoms with E-state index < -0.39 is 16.1 Å². The fourth-order valence-corrected chi connectivity index (χ4v) is 5.35. The van der Waals surface area contributed by atoms with Crippen LogP contribution in [0, 0.1) is 12.8 Å². The van der Waals surface area contributed by atoms with Gasteiger partial charge in [0.2, 0.25) is 21.8 Å². The first-order valence-electron chi connectivity index (χ1n) is 10.4. The topological polar surface area (TPSA) is 105 Å². The molecule has 1 unspecified atom stereocenters. The Balaban J connectivity index is 1.93. The van der Waals surface area contributed by atoms with Gasteiger partial charge in [-0.2, -0.15) is 16.1 Å². The molecule has 0 spiro atoms. The van der Waals surface area contributed by atoms with Crippen LogP contribution in [-0.2, 0) is 24.3 Å². The average Bonchev–Trinajstić information content (AvgIpc) is 2.77. The smallest absolute Gasteiger partial charge is 0.243 e. The molecule has 1 aromatic rings. The Morgan fingerprint density at radius 2 is 1.87 bits per heavy atom. The van der Waals surface area contributed by atoms with E-state index in [1.54, 1.807) is 43.1 Å². The normalized spacial score (nSPS) is 16.6. The van der Waals surface area contributed by atoms with Gasteiger partial charge in [0.05, 0.1) is 11.5 Å². The summed E-state index contributed by atoms with van der Waals surface area (Å²) in [5, 5.41) is 5.64. The van der Waals surface area contributed by atoms with E-state index in [9.17, 15) is 18.0 Å². The number of sulfonamides is 1. The average molecular weight is 472 g/mol. The Morgan fingerprint density at radius 1 is 1.23 bits per heavy atom. The molecule has 0 radical (unpaired) electrons. The predicted molar refractivity (Wildman–Crippen MR) is 122 cm³/mol. The Labute approximate surface area is 189 Å². The number of nitrogens with one attached hydrogen (secondary N) is 2. The van der Waals surface area contributed by atoms with Gasteiger partial charge in [0.1, 0.15) is 6.04 Å². The van der Waals surface area contributed by atoms with Crippen molar-refractivity contribution < 1.29 is 22.7 Å². The van der Waals surface area contributed by atoms with E-state index in [1.807, 2.05) is 13.2 Å². The van der Waals surface area contributed by atoms with Crippen molar-refractivity contribution in [2.75, 3.05) is 45.4 Å². The summed E-state index contributed by atoms with van der Waals surface area (Å²) in [5.74, 6) is 0.0165. The number of carbonyl (C=O) groups is 2. The van der Waals surface area contributed by atoms with Gasteiger partial charge in [-0.15, -0.1) is 0 Å². The van der Waals surface area contributed by atoms with Gasteiger partial charge in [-0.3, -0.25) is 9.59 Å². The second kappa shape index (κ2) is 12.4. The molecule has 8 nitrogen and oxygen atoms in total. The van der Waals surface area contributed by atoms with Gasteiger partial charge < -0.3 is 15.4 Å². The van der Waals surface area contributed by atoms with E-state index in [-0.39, 0.29) is 35.7 Å². The molecule has 1 aliphatic heterocycles. The number of ether oxygens (including phenoxy) is 1. The SMILES string of the molecule is COCCNC(=O)C(CCSC)NC(=O)C1CCN(S(=O)(=O)c2ccc(C)cc2)CC1. The largest absolute Gasteiger partial charge is 0.383 e. The lowest BCUT2D eigenvalue weighted by molar-refractivity contribution is -0.132. The molecule has 0 saturated carbocycles. The molecule has 31 heavy (non-hydrogen) atoms. The van der Waals surface area contributed by atoms with Crippen molar-refractivity contribution in [3.8, 4) is 0 Å². The number of carbonyl (C=O) groups excluding carboxylic acids is 2. The molecule has 1 aromatic carbocycles. The first-order valence-corrected chi connectivity index (χ1v) is 13.3. The fourth-order valence-electron chi connectivity index (χ4n) is 3.41. The van der Waals surface area contributed by atoms with Crippen LogP contribution in [0.5, 0.6) is 0 Å². The molecular formula is C21H33N3O5S2. The summed E-state index contributed by atoms with van der Waals surface area (Å²) in [4.78, 5) is 25.5. The summed E-state index contributed by atoms with van der Waals surface area (Å²) < 4.78 is 32.1. The van der Waals surface area contributed by atoms with Crippen LogP contribution in [0.25, 0.3) is 0 Å². The summed E-state index contributed by atoms with van der Waals surface area (Å²) in [7, 11) is -2.01. The summed E-state index contributed by atoms with van der Waals surface area (Å²) in [6.45, 7) is 3.26. The van der Waals surface area contributed by atoms with Crippen LogP contribution in [0.2, 0.25) is 0 Å². The molecule has 1 fully saturated rings. The summed E-state index contributed by atoms with van der Waals surface area (Å²) in [6.07, 6.45) is 3.34. The van der Waals surface area contributed by atoms with Crippen molar-refractivity contribution in [1.82, 2.24) is 14.9 Å². The number of nitrogens with zero attached hydrogens (tertiary/aromatic N) is 1. The third kappa shape index (κ3) is 7.48. The van der Waals surface area contributed by atoms with E-state index in [0.717, 1.165) is 11.3 Å². The minimum Gasteiger partial charge on any atom is -0.383 e. The van der Waals surface area contributed by atoms with Crippen LogP contribution >= 0.6 is 11.8 Å². The van der Waals surface area contributed by atoms with Crippen molar-refractivity contribution in [1.29, 1.82) is 0 Å². The molecule has 0 bridgehead atoms. The number of aryl methyl sites for hydroxylation is 1. The first-order chi connectivity index (χ1) is 14.8. The Morgan fingerprint density at radius 3 is 2.45 bits per heavy atom. The Kier molecular flexibility index (Phi) is 10.3. The van der Waals surface area contributed by atoms with E-state index in [2.05, 4.69) is 10.6 Å². The maximum Gasteiger partial charge on any atom is 0.243 e. The molecule has 2 N–H and O–H groups in total. The van der Waals surface area contributed by atoms with Crippen molar-refractivity contribution in [2.24, 2.45) is 5.92 Å². The van der Waals surface area contributed by atoms with Crippen LogP contribution in [0.4, 0.5) is 0 Å². The molecule has 174 valence electrons. The third-order valence-corrected chi connectivity index (χ3v) is 7.89. The van der Waals surface area contributed by atoms with Crippen LogP contribution < -0.4 is 10.6 Å². The first kappa shape index (κ1) is 25.6. The summed E-state index contributed by atoms with van der Waals surface area (Å²) in [6, 6.07) is 6.18. The lowest BCUT2D eigenvalue weighted by atomic mass is 9.96. The van der Waals surface area contributed by atoms with Gasteiger partial charge in [0, 0.05) is 32.7 Å². The lowest BCUT2D eigenvalue weighted by Gasteiger charge is -2.31. The molecule has 1 atom stereocenters. The highest BCUT2D eigenvalue weighted by Crippen LogP contribution is 2.24. The molecular weight excluding hydrogens is 438 g/mol. The summed E-state index contributed by atoms with van der Waals surface area (Å²) in [5.41, 5.74) is 0.997. The highest BCUT2D eigenvalue weighted by Gasteiger charge is 2.33. The van der Waals surface area contributed by atoms with Gasteiger partial charge in [-0.05, 0) is 50.3 Å². The zero-order chi connectivity index (χ0) is 22.9. The number of hydrogen-bond donors (Lipinski definition) is 2. The second-order valence-corrected chi connectivity index (χ2v) is 10.5. The van der Waals surface area contributed by atoms with Crippen LogP contribution in [0.15, 0.2) is 29.2 Å². The number of amides is 2. The molecule has 1 heterocycles. The minimum atomic E-state index is -3.57. The number of thioether (sulfide) groups is 1. The third-order valence-electron chi connectivity index (χ3n) is 5.33. The van der Waals surface area contributed by atoms with Crippen molar-refractivity contribution >= 4 is 33.6 Å². The van der Waals surface area contributed by atoms with Crippen molar-refractivity contribution in [2.45, 2.75) is 37.1 Å². The van der Waals surface area contributed by atoms with Gasteiger partial charge in [0.25, 0.3) is 0 Å². The van der Waals surface area contributed by atoms with E-state index in [0.29, 0.717) is 32.4 Å². The minimum absolute atomic E-state index is 0.194. The van der Waals surface area contributed by atoms with Gasteiger partial charge in [-0.1, -0.05) is 17.7 Å². The number of benzene rings is 1. The highest BCUT2D eigenvalue weighted by molar-refractivity contribution is 7.98. The van der Waals surface area contributed by atoms with Gasteiger partial charge in [0.15, 0.2) is 0 Å². The Bertz CT molecular complexity index is 822. The highest BCUT2D eigenvalue weighted by atomic mass is 32.2. The second-order valence-electron chi connectivity index (χ2n) is 7.62. The molecule has 1 saturated heterocycles. The molecule has 2 rings (SSSR count).